The lowest BCUT2D eigenvalue weighted by molar-refractivity contribution is -0.167. The van der Waals surface area contributed by atoms with Gasteiger partial charge in [0, 0.05) is 19.3 Å². The van der Waals surface area contributed by atoms with E-state index in [-0.39, 0.29) is 44.0 Å². The minimum Gasteiger partial charge on any atom is -0.462 e. The van der Waals surface area contributed by atoms with Crippen molar-refractivity contribution in [2.75, 3.05) is 13.2 Å². The summed E-state index contributed by atoms with van der Waals surface area (Å²) in [6.07, 6.45) is 63.6. The normalized spacial score (nSPS) is 13.1. The van der Waals surface area contributed by atoms with Crippen molar-refractivity contribution in [2.24, 2.45) is 0 Å². The summed E-state index contributed by atoms with van der Waals surface area (Å²) < 4.78 is 16.7. The van der Waals surface area contributed by atoms with E-state index < -0.39 is 6.10 Å². The minimum atomic E-state index is -0.816. The van der Waals surface area contributed by atoms with Gasteiger partial charge in [-0.05, 0) is 109 Å². The second-order valence-electron chi connectivity index (χ2n) is 15.2. The zero-order valence-corrected chi connectivity index (χ0v) is 38.4. The third-order valence-electron chi connectivity index (χ3n) is 9.49. The fourth-order valence-corrected chi connectivity index (χ4v) is 5.94. The molecule has 0 saturated heterocycles. The van der Waals surface area contributed by atoms with Crippen molar-refractivity contribution in [2.45, 2.75) is 200 Å². The van der Waals surface area contributed by atoms with Crippen LogP contribution in [0.4, 0.5) is 0 Å². The average molecular weight is 831 g/mol. The SMILES string of the molecule is CC/C=C\C/C=C\C/C=C\C/C=C\C/C=C\CCCC(=O)OCC(COC(=O)CCCCCCC/C=C\CCCC)OC(=O)CCCCCC/C=C\C/C=C\C/C=C\CC. The Hall–Kier alpha value is -3.93. The highest BCUT2D eigenvalue weighted by Crippen LogP contribution is 2.12. The quantitative estimate of drug-likeness (QED) is 0.0264. The van der Waals surface area contributed by atoms with Crippen molar-refractivity contribution >= 4 is 17.9 Å². The molecule has 338 valence electrons. The van der Waals surface area contributed by atoms with E-state index in [9.17, 15) is 14.4 Å². The highest BCUT2D eigenvalue weighted by Gasteiger charge is 2.19. The van der Waals surface area contributed by atoms with Crippen molar-refractivity contribution in [3.05, 3.63) is 109 Å². The van der Waals surface area contributed by atoms with Crippen molar-refractivity contribution < 1.29 is 28.6 Å². The van der Waals surface area contributed by atoms with Crippen LogP contribution in [0.25, 0.3) is 0 Å². The molecule has 0 aromatic heterocycles. The standard InChI is InChI=1S/C54H86O6/c1-4-7-10-13-16-19-22-24-26-27-28-30-32-35-38-41-44-47-53(56)59-50-51(49-58-52(55)46-43-40-37-34-31-21-18-15-12-9-6-3)60-54(57)48-45-42-39-36-33-29-25-23-20-17-14-11-8-5-2/h7-8,10-11,15-20,24-26,28-30,35,38,51H,4-6,9,12-14,21-23,27,31-34,36-37,39-50H2,1-3H3/b10-7-,11-8-,18-15-,19-16-,20-17-,26-24-,29-25-,30-28-,38-35-. The Bertz CT molecular complexity index is 1280. The second kappa shape index (κ2) is 47.7. The van der Waals surface area contributed by atoms with Gasteiger partial charge in [-0.25, -0.2) is 0 Å². The zero-order valence-electron chi connectivity index (χ0n) is 38.4. The van der Waals surface area contributed by atoms with E-state index in [1.165, 1.54) is 25.7 Å². The summed E-state index contributed by atoms with van der Waals surface area (Å²) in [6.45, 7) is 6.27. The molecular weight excluding hydrogens is 745 g/mol. The van der Waals surface area contributed by atoms with Crippen LogP contribution < -0.4 is 0 Å². The van der Waals surface area contributed by atoms with E-state index in [1.54, 1.807) is 0 Å². The number of hydrogen-bond donors (Lipinski definition) is 0. The second-order valence-corrected chi connectivity index (χ2v) is 15.2. The van der Waals surface area contributed by atoms with Crippen LogP contribution in [0.3, 0.4) is 0 Å². The number of carbonyl (C=O) groups is 3. The van der Waals surface area contributed by atoms with Gasteiger partial charge in [0.2, 0.25) is 0 Å². The lowest BCUT2D eigenvalue weighted by Gasteiger charge is -2.18. The van der Waals surface area contributed by atoms with E-state index in [0.29, 0.717) is 12.8 Å². The summed E-state index contributed by atoms with van der Waals surface area (Å²) in [6, 6.07) is 0. The average Bonchev–Trinajstić information content (AvgIpc) is 3.24. The Balaban J connectivity index is 4.54. The van der Waals surface area contributed by atoms with Crippen LogP contribution in [0.5, 0.6) is 0 Å². The van der Waals surface area contributed by atoms with Crippen LogP contribution in [0.15, 0.2) is 109 Å². The molecule has 0 bridgehead atoms. The van der Waals surface area contributed by atoms with E-state index in [4.69, 9.17) is 14.2 Å². The number of allylic oxidation sites excluding steroid dienone is 18. The van der Waals surface area contributed by atoms with Crippen LogP contribution >= 0.6 is 0 Å². The molecule has 0 aliphatic carbocycles. The molecule has 0 aliphatic rings. The first-order valence-electron chi connectivity index (χ1n) is 23.9. The fraction of sp³-hybridized carbons (Fsp3) is 0.611. The Kier molecular flexibility index (Phi) is 44.6. The Labute approximate surface area is 368 Å². The number of unbranched alkanes of at least 4 members (excludes halogenated alkanes) is 12. The maximum Gasteiger partial charge on any atom is 0.306 e. The number of esters is 3. The van der Waals surface area contributed by atoms with Gasteiger partial charge in [0.1, 0.15) is 13.2 Å². The molecule has 0 heterocycles. The van der Waals surface area contributed by atoms with Crippen LogP contribution in [-0.2, 0) is 28.6 Å². The molecule has 0 N–H and O–H groups in total. The largest absolute Gasteiger partial charge is 0.462 e. The predicted molar refractivity (Wildman–Crippen MR) is 256 cm³/mol. The molecule has 0 saturated carbocycles. The lowest BCUT2D eigenvalue weighted by atomic mass is 10.1. The molecule has 0 spiro atoms. The third-order valence-corrected chi connectivity index (χ3v) is 9.49. The summed E-state index contributed by atoms with van der Waals surface area (Å²) in [5, 5.41) is 0. The first-order chi connectivity index (χ1) is 29.5. The molecule has 0 rings (SSSR count). The van der Waals surface area contributed by atoms with E-state index in [0.717, 1.165) is 122 Å². The molecule has 6 nitrogen and oxygen atoms in total. The summed E-state index contributed by atoms with van der Waals surface area (Å²) in [4.78, 5) is 37.8. The molecule has 0 aliphatic heterocycles. The first-order valence-corrected chi connectivity index (χ1v) is 23.9. The van der Waals surface area contributed by atoms with Crippen LogP contribution in [0.2, 0.25) is 0 Å². The molecule has 0 aromatic carbocycles. The van der Waals surface area contributed by atoms with E-state index in [2.05, 4.69) is 130 Å². The Morgan fingerprint density at radius 3 is 1.10 bits per heavy atom. The van der Waals surface area contributed by atoms with Crippen LogP contribution in [0.1, 0.15) is 194 Å². The highest BCUT2D eigenvalue weighted by atomic mass is 16.6. The minimum absolute atomic E-state index is 0.112. The Morgan fingerprint density at radius 1 is 0.350 bits per heavy atom. The van der Waals surface area contributed by atoms with Gasteiger partial charge in [0.25, 0.3) is 0 Å². The molecule has 6 heteroatoms. The molecule has 0 fully saturated rings. The lowest BCUT2D eigenvalue weighted by Crippen LogP contribution is -2.30. The molecule has 0 aromatic rings. The van der Waals surface area contributed by atoms with Gasteiger partial charge in [-0.1, -0.05) is 175 Å². The summed E-state index contributed by atoms with van der Waals surface area (Å²) >= 11 is 0. The topological polar surface area (TPSA) is 78.9 Å². The van der Waals surface area contributed by atoms with Gasteiger partial charge in [0.05, 0.1) is 0 Å². The monoisotopic (exact) mass is 831 g/mol. The summed E-state index contributed by atoms with van der Waals surface area (Å²) in [7, 11) is 0. The predicted octanol–water partition coefficient (Wildman–Crippen LogP) is 15.6. The molecule has 1 unspecified atom stereocenters. The molecule has 0 radical (unpaired) electrons. The highest BCUT2D eigenvalue weighted by molar-refractivity contribution is 5.71. The number of ether oxygens (including phenoxy) is 3. The fourth-order valence-electron chi connectivity index (χ4n) is 5.94. The Morgan fingerprint density at radius 2 is 0.667 bits per heavy atom. The van der Waals surface area contributed by atoms with Crippen LogP contribution in [0, 0.1) is 0 Å². The summed E-state index contributed by atoms with van der Waals surface area (Å²) in [5.74, 6) is -1.01. The van der Waals surface area contributed by atoms with Gasteiger partial charge in [-0.15, -0.1) is 0 Å². The van der Waals surface area contributed by atoms with Crippen molar-refractivity contribution in [3.63, 3.8) is 0 Å². The molecule has 1 atom stereocenters. The first kappa shape index (κ1) is 56.1. The molecule has 60 heavy (non-hydrogen) atoms. The molecule has 0 amide bonds. The van der Waals surface area contributed by atoms with Crippen LogP contribution in [-0.4, -0.2) is 37.2 Å². The van der Waals surface area contributed by atoms with Gasteiger partial charge >= 0.3 is 17.9 Å². The van der Waals surface area contributed by atoms with Gasteiger partial charge in [0.15, 0.2) is 6.10 Å². The van der Waals surface area contributed by atoms with Crippen molar-refractivity contribution in [1.82, 2.24) is 0 Å². The van der Waals surface area contributed by atoms with Crippen molar-refractivity contribution in [3.8, 4) is 0 Å². The number of carbonyl (C=O) groups excluding carboxylic acids is 3. The zero-order chi connectivity index (χ0) is 43.7. The smallest absolute Gasteiger partial charge is 0.306 e. The summed E-state index contributed by atoms with van der Waals surface area (Å²) in [5.41, 5.74) is 0. The number of rotatable bonds is 41. The van der Waals surface area contributed by atoms with Gasteiger partial charge in [-0.3, -0.25) is 14.4 Å². The van der Waals surface area contributed by atoms with E-state index in [1.807, 2.05) is 0 Å². The molecular formula is C54H86O6. The van der Waals surface area contributed by atoms with E-state index >= 15 is 0 Å². The number of hydrogen-bond acceptors (Lipinski definition) is 6. The van der Waals surface area contributed by atoms with Gasteiger partial charge < -0.3 is 14.2 Å². The third kappa shape index (κ3) is 45.2. The maximum absolute atomic E-state index is 12.7. The maximum atomic E-state index is 12.7. The van der Waals surface area contributed by atoms with Crippen molar-refractivity contribution in [1.29, 1.82) is 0 Å². The van der Waals surface area contributed by atoms with Gasteiger partial charge in [-0.2, -0.15) is 0 Å².